The zero-order valence-corrected chi connectivity index (χ0v) is 32.9. The molecule has 0 aliphatic rings. The van der Waals surface area contributed by atoms with Crippen LogP contribution in [0.15, 0.2) is 0 Å². The molecule has 0 spiro atoms. The third kappa shape index (κ3) is 32.0. The Morgan fingerprint density at radius 1 is 0.531 bits per heavy atom. The molecule has 0 fully saturated rings. The number of likely N-dealkylation sites (N-methyl/N-ethyl adjacent to an activating group) is 1. The summed E-state index contributed by atoms with van der Waals surface area (Å²) < 4.78 is 17.1. The number of unbranched alkanes of at least 4 members (excludes halogenated alkanes) is 23. The number of carbonyl (C=O) groups is 3. The summed E-state index contributed by atoms with van der Waals surface area (Å²) in [5.74, 6) is -1.73. The minimum absolute atomic E-state index is 0.0478. The van der Waals surface area contributed by atoms with Gasteiger partial charge in [0, 0.05) is 19.3 Å². The molecule has 49 heavy (non-hydrogen) atoms. The Kier molecular flexibility index (Phi) is 32.3. The minimum atomic E-state index is -1.12. The largest absolute Gasteiger partial charge is 0.544 e. The molecule has 0 heterocycles. The average molecular weight is 698 g/mol. The number of quaternary nitrogens is 1. The second kappa shape index (κ2) is 33.5. The Balaban J connectivity index is 4.18. The molecule has 2 atom stereocenters. The lowest BCUT2D eigenvalue weighted by Crippen LogP contribution is -2.55. The zero-order chi connectivity index (χ0) is 36.4. The molecule has 2 unspecified atom stereocenters. The maximum Gasteiger partial charge on any atom is 0.306 e. The van der Waals surface area contributed by atoms with E-state index in [2.05, 4.69) is 13.8 Å². The molecular weight excluding hydrogens is 618 g/mol. The van der Waals surface area contributed by atoms with Crippen molar-refractivity contribution in [1.29, 1.82) is 0 Å². The molecule has 0 aliphatic heterocycles. The van der Waals surface area contributed by atoms with E-state index in [1.165, 1.54) is 122 Å². The van der Waals surface area contributed by atoms with Gasteiger partial charge in [-0.2, -0.15) is 0 Å². The van der Waals surface area contributed by atoms with Gasteiger partial charge < -0.3 is 28.6 Å². The quantitative estimate of drug-likeness (QED) is 0.0362. The van der Waals surface area contributed by atoms with Gasteiger partial charge in [-0.25, -0.2) is 0 Å². The average Bonchev–Trinajstić information content (AvgIpc) is 3.05. The first-order valence-electron chi connectivity index (χ1n) is 20.6. The van der Waals surface area contributed by atoms with Crippen molar-refractivity contribution in [3.05, 3.63) is 0 Å². The van der Waals surface area contributed by atoms with E-state index < -0.39 is 18.1 Å². The fourth-order valence-corrected chi connectivity index (χ4v) is 6.25. The van der Waals surface area contributed by atoms with Crippen molar-refractivity contribution in [2.75, 3.05) is 41.0 Å². The molecule has 0 aromatic rings. The first-order valence-corrected chi connectivity index (χ1v) is 20.6. The molecule has 8 heteroatoms. The number of nitrogens with zero attached hydrogens (tertiary/aromatic N) is 1. The van der Waals surface area contributed by atoms with Crippen LogP contribution in [-0.2, 0) is 28.6 Å². The summed E-state index contributed by atoms with van der Waals surface area (Å²) >= 11 is 0. The minimum Gasteiger partial charge on any atom is -0.544 e. The van der Waals surface area contributed by atoms with E-state index >= 15 is 0 Å². The first-order chi connectivity index (χ1) is 23.6. The lowest BCUT2D eigenvalue weighted by Gasteiger charge is -2.34. The Hall–Kier alpha value is -1.67. The van der Waals surface area contributed by atoms with Crippen LogP contribution in [0.2, 0.25) is 0 Å². The topological polar surface area (TPSA) is 102 Å². The van der Waals surface area contributed by atoms with Crippen LogP contribution < -0.4 is 5.11 Å². The van der Waals surface area contributed by atoms with Gasteiger partial charge in [-0.15, -0.1) is 0 Å². The first kappa shape index (κ1) is 47.3. The van der Waals surface area contributed by atoms with Gasteiger partial charge in [-0.05, 0) is 12.8 Å². The van der Waals surface area contributed by atoms with Crippen LogP contribution in [0.5, 0.6) is 0 Å². The van der Waals surface area contributed by atoms with Gasteiger partial charge in [0.15, 0.2) is 6.10 Å². The Morgan fingerprint density at radius 3 is 1.27 bits per heavy atom. The van der Waals surface area contributed by atoms with Crippen LogP contribution in [0.3, 0.4) is 0 Å². The standard InChI is InChI=1S/C41H79NO7/c1-6-8-10-12-14-15-16-17-18-19-20-21-22-23-24-26-27-29-31-39(43)48-36-37(35-47-34-33-38(41(45)46)42(3,4)5)49-40(44)32-30-28-25-13-11-9-7-2/h37-38H,6-36H2,1-5H3. The number of carboxylic acid groups (broad SMARTS) is 1. The van der Waals surface area contributed by atoms with E-state index in [1.54, 1.807) is 21.1 Å². The van der Waals surface area contributed by atoms with Gasteiger partial charge >= 0.3 is 11.9 Å². The van der Waals surface area contributed by atoms with Crippen molar-refractivity contribution in [2.24, 2.45) is 0 Å². The zero-order valence-electron chi connectivity index (χ0n) is 32.9. The van der Waals surface area contributed by atoms with Crippen LogP contribution >= 0.6 is 0 Å². The number of aliphatic carboxylic acids is 1. The van der Waals surface area contributed by atoms with Crippen molar-refractivity contribution >= 4 is 17.9 Å². The fraction of sp³-hybridized carbons (Fsp3) is 0.927. The summed E-state index contributed by atoms with van der Waals surface area (Å²) in [5, 5.41) is 11.6. The summed E-state index contributed by atoms with van der Waals surface area (Å²) in [4.78, 5) is 36.5. The van der Waals surface area contributed by atoms with Gasteiger partial charge in [0.1, 0.15) is 12.6 Å². The number of carbonyl (C=O) groups excluding carboxylic acids is 3. The van der Waals surface area contributed by atoms with Crippen LogP contribution in [0.1, 0.15) is 194 Å². The van der Waals surface area contributed by atoms with Crippen LogP contribution in [-0.4, -0.2) is 75.5 Å². The maximum atomic E-state index is 12.5. The lowest BCUT2D eigenvalue weighted by molar-refractivity contribution is -0.889. The van der Waals surface area contributed by atoms with Crippen LogP contribution in [0.4, 0.5) is 0 Å². The SMILES string of the molecule is CCCCCCCCCCCCCCCCCCCCC(=O)OCC(COCCC(C(=O)[O-])[N+](C)(C)C)OC(=O)CCCCCCCCC. The van der Waals surface area contributed by atoms with E-state index in [1.807, 2.05) is 0 Å². The van der Waals surface area contributed by atoms with Crippen molar-refractivity contribution in [3.63, 3.8) is 0 Å². The highest BCUT2D eigenvalue weighted by molar-refractivity contribution is 5.70. The molecule has 0 N–H and O–H groups in total. The van der Waals surface area contributed by atoms with E-state index in [0.29, 0.717) is 12.8 Å². The second-order valence-electron chi connectivity index (χ2n) is 15.2. The lowest BCUT2D eigenvalue weighted by atomic mass is 10.0. The molecule has 0 saturated heterocycles. The summed E-state index contributed by atoms with van der Waals surface area (Å²) in [7, 11) is 5.40. The van der Waals surface area contributed by atoms with Crippen LogP contribution in [0.25, 0.3) is 0 Å². The molecule has 0 rings (SSSR count). The number of hydrogen-bond acceptors (Lipinski definition) is 7. The Labute approximate surface area is 302 Å². The van der Waals surface area contributed by atoms with Gasteiger partial charge in [0.05, 0.1) is 40.3 Å². The monoisotopic (exact) mass is 698 g/mol. The molecule has 0 aliphatic carbocycles. The molecule has 0 radical (unpaired) electrons. The molecular formula is C41H79NO7. The molecule has 0 amide bonds. The maximum absolute atomic E-state index is 12.5. The van der Waals surface area contributed by atoms with Crippen LogP contribution in [0, 0.1) is 0 Å². The molecule has 8 nitrogen and oxygen atoms in total. The summed E-state index contributed by atoms with van der Waals surface area (Å²) in [5.41, 5.74) is 0. The highest BCUT2D eigenvalue weighted by Gasteiger charge is 2.25. The van der Waals surface area contributed by atoms with Gasteiger partial charge in [-0.1, -0.05) is 162 Å². The Morgan fingerprint density at radius 2 is 0.898 bits per heavy atom. The predicted molar refractivity (Wildman–Crippen MR) is 199 cm³/mol. The molecule has 0 bridgehead atoms. The number of carboxylic acids is 1. The van der Waals surface area contributed by atoms with E-state index in [4.69, 9.17) is 14.2 Å². The van der Waals surface area contributed by atoms with Crippen molar-refractivity contribution in [3.8, 4) is 0 Å². The number of rotatable bonds is 37. The van der Waals surface area contributed by atoms with E-state index in [9.17, 15) is 19.5 Å². The van der Waals surface area contributed by atoms with Crippen molar-refractivity contribution < 1.29 is 38.2 Å². The van der Waals surface area contributed by atoms with Gasteiger partial charge in [-0.3, -0.25) is 9.59 Å². The fourth-order valence-electron chi connectivity index (χ4n) is 6.25. The highest BCUT2D eigenvalue weighted by Crippen LogP contribution is 2.15. The van der Waals surface area contributed by atoms with Gasteiger partial charge in [0.25, 0.3) is 0 Å². The molecule has 0 saturated carbocycles. The smallest absolute Gasteiger partial charge is 0.306 e. The molecule has 0 aromatic heterocycles. The van der Waals surface area contributed by atoms with E-state index in [0.717, 1.165) is 38.5 Å². The van der Waals surface area contributed by atoms with Crippen molar-refractivity contribution in [1.82, 2.24) is 0 Å². The highest BCUT2D eigenvalue weighted by atomic mass is 16.6. The molecule has 290 valence electrons. The number of hydrogen-bond donors (Lipinski definition) is 0. The third-order valence-corrected chi connectivity index (χ3v) is 9.49. The van der Waals surface area contributed by atoms with E-state index in [-0.39, 0.29) is 42.7 Å². The number of esters is 2. The molecule has 0 aromatic carbocycles. The third-order valence-electron chi connectivity index (χ3n) is 9.49. The predicted octanol–water partition coefficient (Wildman–Crippen LogP) is 9.25. The summed E-state index contributed by atoms with van der Waals surface area (Å²) in [6.07, 6.45) is 31.4. The number of ether oxygens (including phenoxy) is 3. The summed E-state index contributed by atoms with van der Waals surface area (Å²) in [6.45, 7) is 4.64. The van der Waals surface area contributed by atoms with Gasteiger partial charge in [0.2, 0.25) is 0 Å². The summed E-state index contributed by atoms with van der Waals surface area (Å²) in [6, 6.07) is -0.717. The normalized spacial score (nSPS) is 12.9. The Bertz CT molecular complexity index is 782. The second-order valence-corrected chi connectivity index (χ2v) is 15.2. The van der Waals surface area contributed by atoms with Crippen molar-refractivity contribution in [2.45, 2.75) is 206 Å².